The van der Waals surface area contributed by atoms with Crippen LogP contribution in [0.3, 0.4) is 0 Å². The normalized spacial score (nSPS) is 15.3. The van der Waals surface area contributed by atoms with Crippen LogP contribution in [0, 0.1) is 0 Å². The minimum absolute atomic E-state index is 0.270. The third-order valence-electron chi connectivity index (χ3n) is 4.84. The molecule has 3 aliphatic rings. The van der Waals surface area contributed by atoms with E-state index < -0.39 is 21.8 Å². The first-order valence-electron chi connectivity index (χ1n) is 8.84. The average Bonchev–Trinajstić information content (AvgIpc) is 3.47. The Kier molecular flexibility index (Phi) is 3.76. The Morgan fingerprint density at radius 1 is 0.429 bits per heavy atom. The molecule has 3 aliphatic heterocycles. The maximum absolute atomic E-state index is 5.63. The fraction of sp³-hybridized carbons (Fsp3) is 0.143. The van der Waals surface area contributed by atoms with E-state index in [1.807, 2.05) is 18.2 Å². The molecule has 0 N–H and O–H groups in total. The Balaban J connectivity index is 1.50. The molecule has 0 atom stereocenters. The van der Waals surface area contributed by atoms with Gasteiger partial charge in [0.2, 0.25) is 0 Å². The number of hydrogen-bond donors (Lipinski definition) is 0. The summed E-state index contributed by atoms with van der Waals surface area (Å²) in [4.78, 5) is 0. The standard InChI is InChI=1S/3C7H5O2.Bi/c3*1-2-4-7-6(3-1)8-5-9-7;/h3*1,3-4H,5H2;. The van der Waals surface area contributed by atoms with E-state index in [2.05, 4.69) is 36.4 Å². The van der Waals surface area contributed by atoms with E-state index in [4.69, 9.17) is 28.4 Å². The number of fused-ring (bicyclic) bond motifs is 3. The van der Waals surface area contributed by atoms with E-state index >= 15 is 0 Å². The Morgan fingerprint density at radius 3 is 1.11 bits per heavy atom. The van der Waals surface area contributed by atoms with Gasteiger partial charge in [-0.15, -0.1) is 0 Å². The summed E-state index contributed by atoms with van der Waals surface area (Å²) in [5.41, 5.74) is 0. The molecule has 6 rings (SSSR count). The van der Waals surface area contributed by atoms with Crippen LogP contribution in [0.4, 0.5) is 0 Å². The zero-order valence-corrected chi connectivity index (χ0v) is 18.2. The third kappa shape index (κ3) is 2.65. The summed E-state index contributed by atoms with van der Waals surface area (Å²) in [6.07, 6.45) is 0. The number of benzene rings is 3. The van der Waals surface area contributed by atoms with Gasteiger partial charge in [-0.25, -0.2) is 0 Å². The second-order valence-electron chi connectivity index (χ2n) is 6.45. The van der Waals surface area contributed by atoms with E-state index in [-0.39, 0.29) is 20.4 Å². The van der Waals surface area contributed by atoms with Gasteiger partial charge in [-0.05, 0) is 0 Å². The van der Waals surface area contributed by atoms with Gasteiger partial charge in [-0.1, -0.05) is 0 Å². The van der Waals surface area contributed by atoms with Gasteiger partial charge in [0.05, 0.1) is 0 Å². The van der Waals surface area contributed by atoms with E-state index in [1.54, 1.807) is 0 Å². The molecule has 3 aromatic carbocycles. The number of ether oxygens (including phenoxy) is 6. The molecular weight excluding hydrogens is 557 g/mol. The first-order valence-corrected chi connectivity index (χ1v) is 14.1. The summed E-state index contributed by atoms with van der Waals surface area (Å²) in [7, 11) is 0. The van der Waals surface area contributed by atoms with Gasteiger partial charge in [-0.3, -0.25) is 0 Å². The van der Waals surface area contributed by atoms with Gasteiger partial charge in [0.25, 0.3) is 0 Å². The van der Waals surface area contributed by atoms with Crippen molar-refractivity contribution in [2.24, 2.45) is 0 Å². The van der Waals surface area contributed by atoms with E-state index in [1.165, 1.54) is 9.81 Å². The molecule has 3 aromatic rings. The second-order valence-corrected chi connectivity index (χ2v) is 15.1. The molecule has 0 saturated heterocycles. The van der Waals surface area contributed by atoms with Crippen molar-refractivity contribution in [1.29, 1.82) is 0 Å². The minimum atomic E-state index is -2.65. The van der Waals surface area contributed by atoms with Crippen LogP contribution in [0.15, 0.2) is 54.6 Å². The molecule has 0 radical (unpaired) electrons. The zero-order valence-electron chi connectivity index (χ0n) is 14.7. The molecule has 0 bridgehead atoms. The predicted molar refractivity (Wildman–Crippen MR) is 102 cm³/mol. The summed E-state index contributed by atoms with van der Waals surface area (Å²) < 4.78 is 37.2. The quantitative estimate of drug-likeness (QED) is 0.443. The van der Waals surface area contributed by atoms with Crippen LogP contribution in [-0.2, 0) is 0 Å². The Labute approximate surface area is 169 Å². The topological polar surface area (TPSA) is 55.4 Å². The summed E-state index contributed by atoms with van der Waals surface area (Å²) in [6, 6.07) is 18.8. The molecule has 0 amide bonds. The molecule has 0 unspecified atom stereocenters. The molecule has 6 nitrogen and oxygen atoms in total. The summed E-state index contributed by atoms with van der Waals surface area (Å²) in [6.45, 7) is 0.810. The first kappa shape index (κ1) is 16.3. The van der Waals surface area contributed by atoms with Gasteiger partial charge in [0.1, 0.15) is 0 Å². The van der Waals surface area contributed by atoms with Crippen molar-refractivity contribution in [3.63, 3.8) is 0 Å². The van der Waals surface area contributed by atoms with Crippen molar-refractivity contribution in [3.05, 3.63) is 54.6 Å². The van der Waals surface area contributed by atoms with E-state index in [0.717, 1.165) is 34.5 Å². The second kappa shape index (κ2) is 6.45. The SMILES string of the molecule is c1cc2c(c[c]1[Bi]([c]1ccc3c(c1)OCO3)[c]1ccc3c(c1)OCO3)OCO2. The molecule has 0 saturated carbocycles. The third-order valence-corrected chi connectivity index (χ3v) is 14.1. The van der Waals surface area contributed by atoms with Crippen molar-refractivity contribution < 1.29 is 28.4 Å². The average molecular weight is 572 g/mol. The van der Waals surface area contributed by atoms with E-state index in [0.29, 0.717) is 0 Å². The predicted octanol–water partition coefficient (Wildman–Crippen LogP) is 1.39. The zero-order chi connectivity index (χ0) is 18.5. The van der Waals surface area contributed by atoms with Gasteiger partial charge < -0.3 is 0 Å². The van der Waals surface area contributed by atoms with Crippen molar-refractivity contribution in [2.45, 2.75) is 0 Å². The number of hydrogen-bond acceptors (Lipinski definition) is 6. The van der Waals surface area contributed by atoms with E-state index in [9.17, 15) is 0 Å². The molecule has 0 aromatic heterocycles. The van der Waals surface area contributed by atoms with Crippen LogP contribution in [0.1, 0.15) is 0 Å². The molecular formula is C21H15BiO6. The monoisotopic (exact) mass is 572 g/mol. The summed E-state index contributed by atoms with van der Waals surface area (Å²) >= 11 is -2.65. The van der Waals surface area contributed by atoms with Gasteiger partial charge in [-0.2, -0.15) is 0 Å². The molecule has 0 aliphatic carbocycles. The summed E-state index contributed by atoms with van der Waals surface area (Å²) in [5.74, 6) is 4.80. The van der Waals surface area contributed by atoms with Crippen LogP contribution >= 0.6 is 0 Å². The van der Waals surface area contributed by atoms with Gasteiger partial charge >= 0.3 is 169 Å². The Bertz CT molecular complexity index is 946. The van der Waals surface area contributed by atoms with Gasteiger partial charge in [0.15, 0.2) is 0 Å². The molecule has 7 heteroatoms. The Morgan fingerprint density at radius 2 is 0.750 bits per heavy atom. The van der Waals surface area contributed by atoms with Crippen LogP contribution in [0.5, 0.6) is 34.5 Å². The van der Waals surface area contributed by atoms with Crippen molar-refractivity contribution >= 4 is 31.6 Å². The van der Waals surface area contributed by atoms with Crippen LogP contribution < -0.4 is 38.2 Å². The Hall–Kier alpha value is -2.66. The summed E-state index contributed by atoms with van der Waals surface area (Å²) in [5, 5.41) is 0. The van der Waals surface area contributed by atoms with Crippen LogP contribution in [0.2, 0.25) is 0 Å². The maximum atomic E-state index is 5.63. The van der Waals surface area contributed by atoms with Crippen LogP contribution in [-0.4, -0.2) is 42.1 Å². The molecule has 28 heavy (non-hydrogen) atoms. The fourth-order valence-electron chi connectivity index (χ4n) is 3.52. The molecule has 0 fully saturated rings. The van der Waals surface area contributed by atoms with Crippen molar-refractivity contribution in [3.8, 4) is 34.5 Å². The molecule has 3 heterocycles. The van der Waals surface area contributed by atoms with Crippen molar-refractivity contribution in [2.75, 3.05) is 20.4 Å². The number of rotatable bonds is 3. The molecule has 140 valence electrons. The molecule has 0 spiro atoms. The van der Waals surface area contributed by atoms with Crippen molar-refractivity contribution in [1.82, 2.24) is 0 Å². The first-order chi connectivity index (χ1) is 13.8. The van der Waals surface area contributed by atoms with Crippen LogP contribution in [0.25, 0.3) is 0 Å². The van der Waals surface area contributed by atoms with Gasteiger partial charge in [0, 0.05) is 0 Å². The fourth-order valence-corrected chi connectivity index (χ4v) is 12.5.